The summed E-state index contributed by atoms with van der Waals surface area (Å²) in [6, 6.07) is 15.2. The van der Waals surface area contributed by atoms with Crippen LogP contribution in [0.3, 0.4) is 0 Å². The molecule has 0 saturated carbocycles. The Kier molecular flexibility index (Phi) is 4.28. The Morgan fingerprint density at radius 1 is 1.04 bits per heavy atom. The summed E-state index contributed by atoms with van der Waals surface area (Å²) in [4.78, 5) is 13.6. The normalized spacial score (nSPS) is 17.8. The molecule has 4 heteroatoms. The summed E-state index contributed by atoms with van der Waals surface area (Å²) in [6.07, 6.45) is 1.66. The summed E-state index contributed by atoms with van der Waals surface area (Å²) >= 11 is -1.04. The van der Waals surface area contributed by atoms with E-state index in [1.165, 1.54) is 0 Å². The highest BCUT2D eigenvalue weighted by Gasteiger charge is 2.42. The second-order valence-corrected chi connectivity index (χ2v) is 7.79. The van der Waals surface area contributed by atoms with Crippen LogP contribution in [0.4, 0.5) is 0 Å². The van der Waals surface area contributed by atoms with Gasteiger partial charge in [0, 0.05) is 11.1 Å². The van der Waals surface area contributed by atoms with Crippen molar-refractivity contribution in [1.82, 2.24) is 0 Å². The van der Waals surface area contributed by atoms with Crippen LogP contribution in [0.15, 0.2) is 53.4 Å². The number of ketones is 1. The first kappa shape index (κ1) is 16.8. The topological polar surface area (TPSA) is 49.4 Å². The third-order valence-corrected chi connectivity index (χ3v) is 5.24. The molecule has 3 nitrogen and oxygen atoms in total. The van der Waals surface area contributed by atoms with Gasteiger partial charge in [0.2, 0.25) is 5.78 Å². The number of carbonyl (C=O) groups excluding carboxylic acids is 1. The second kappa shape index (κ2) is 6.11. The zero-order chi connectivity index (χ0) is 17.5. The number of aryl methyl sites for hydroxylation is 1. The molecule has 0 saturated heterocycles. The van der Waals surface area contributed by atoms with Crippen molar-refractivity contribution in [2.45, 2.75) is 31.3 Å². The minimum Gasteiger partial charge on any atom is -0.612 e. The van der Waals surface area contributed by atoms with Gasteiger partial charge >= 0.3 is 0 Å². The molecule has 1 heterocycles. The van der Waals surface area contributed by atoms with Gasteiger partial charge < -0.3 is 9.29 Å². The van der Waals surface area contributed by atoms with Gasteiger partial charge in [0.1, 0.15) is 12.0 Å². The molecule has 1 aliphatic heterocycles. The number of hydrogen-bond acceptors (Lipinski definition) is 3. The number of ether oxygens (including phenoxy) is 1. The van der Waals surface area contributed by atoms with Crippen molar-refractivity contribution in [3.05, 3.63) is 65.2 Å². The van der Waals surface area contributed by atoms with Gasteiger partial charge in [0.15, 0.2) is 10.5 Å². The molecule has 124 valence electrons. The molecule has 2 aromatic carbocycles. The first-order valence-electron chi connectivity index (χ1n) is 7.79. The molecular weight excluding hydrogens is 320 g/mol. The van der Waals surface area contributed by atoms with E-state index >= 15 is 0 Å². The van der Waals surface area contributed by atoms with Crippen LogP contribution < -0.4 is 0 Å². The summed E-state index contributed by atoms with van der Waals surface area (Å²) in [5, 5.41) is 0. The standard InChI is InChI=1S/C20H20O3S/c1-13-12-15(10-11-16(13)24(4)22)18-17(14-8-6-5-7-9-14)19(21)20(2,3)23-18/h5-12H,1-4H3. The third kappa shape index (κ3) is 2.87. The maximum Gasteiger partial charge on any atom is 0.210 e. The Balaban J connectivity index is 2.17. The quantitative estimate of drug-likeness (QED) is 0.794. The summed E-state index contributed by atoms with van der Waals surface area (Å²) in [5.74, 6) is 0.567. The lowest BCUT2D eigenvalue weighted by molar-refractivity contribution is -0.125. The van der Waals surface area contributed by atoms with Crippen LogP contribution in [0.2, 0.25) is 0 Å². The van der Waals surface area contributed by atoms with Crippen molar-refractivity contribution < 1.29 is 14.1 Å². The first-order valence-corrected chi connectivity index (χ1v) is 9.35. The van der Waals surface area contributed by atoms with Crippen molar-refractivity contribution in [2.24, 2.45) is 0 Å². The molecule has 1 aliphatic rings. The average molecular weight is 340 g/mol. The molecule has 0 spiro atoms. The zero-order valence-electron chi connectivity index (χ0n) is 14.3. The van der Waals surface area contributed by atoms with Gasteiger partial charge in [0.25, 0.3) is 0 Å². The van der Waals surface area contributed by atoms with Gasteiger partial charge in [-0.25, -0.2) is 0 Å². The van der Waals surface area contributed by atoms with E-state index in [4.69, 9.17) is 4.74 Å². The van der Waals surface area contributed by atoms with E-state index < -0.39 is 16.8 Å². The molecule has 0 fully saturated rings. The lowest BCUT2D eigenvalue weighted by Gasteiger charge is -2.18. The van der Waals surface area contributed by atoms with Crippen molar-refractivity contribution in [2.75, 3.05) is 6.26 Å². The van der Waals surface area contributed by atoms with E-state index in [-0.39, 0.29) is 5.78 Å². The van der Waals surface area contributed by atoms with Gasteiger partial charge in [-0.2, -0.15) is 0 Å². The summed E-state index contributed by atoms with van der Waals surface area (Å²) in [7, 11) is 0. The van der Waals surface area contributed by atoms with E-state index in [2.05, 4.69) is 0 Å². The van der Waals surface area contributed by atoms with Gasteiger partial charge in [-0.05, 0) is 55.7 Å². The fourth-order valence-electron chi connectivity index (χ4n) is 2.94. The number of rotatable bonds is 3. The van der Waals surface area contributed by atoms with Crippen LogP contribution >= 0.6 is 0 Å². The van der Waals surface area contributed by atoms with Gasteiger partial charge in [0.05, 0.1) is 5.57 Å². The predicted octanol–water partition coefficient (Wildman–Crippen LogP) is 3.98. The molecular formula is C20H20O3S. The minimum atomic E-state index is -1.04. The Bertz CT molecular complexity index is 820. The van der Waals surface area contributed by atoms with Crippen molar-refractivity contribution in [1.29, 1.82) is 0 Å². The zero-order valence-corrected chi connectivity index (χ0v) is 15.1. The highest BCUT2D eigenvalue weighted by atomic mass is 32.2. The Morgan fingerprint density at radius 2 is 1.71 bits per heavy atom. The SMILES string of the molecule is Cc1cc(C2=C(c3ccccc3)C(=O)C(C)(C)O2)ccc1[S+](C)[O-]. The second-order valence-electron chi connectivity index (χ2n) is 6.45. The van der Waals surface area contributed by atoms with E-state index in [1.807, 2.05) is 55.5 Å². The van der Waals surface area contributed by atoms with Crippen LogP contribution in [-0.4, -0.2) is 22.2 Å². The molecule has 0 bridgehead atoms. The average Bonchev–Trinajstić information content (AvgIpc) is 2.78. The molecule has 3 rings (SSSR count). The molecule has 0 radical (unpaired) electrons. The minimum absolute atomic E-state index is 0.0236. The smallest absolute Gasteiger partial charge is 0.210 e. The lowest BCUT2D eigenvalue weighted by Crippen LogP contribution is -2.29. The van der Waals surface area contributed by atoms with E-state index in [1.54, 1.807) is 20.1 Å². The number of benzene rings is 2. The van der Waals surface area contributed by atoms with Crippen molar-refractivity contribution in [3.63, 3.8) is 0 Å². The molecule has 0 aromatic heterocycles. The maximum atomic E-state index is 12.8. The van der Waals surface area contributed by atoms with Crippen LogP contribution in [0, 0.1) is 6.92 Å². The Hall–Kier alpha value is -2.04. The fourth-order valence-corrected chi connectivity index (χ4v) is 3.71. The van der Waals surface area contributed by atoms with Gasteiger partial charge in [-0.3, -0.25) is 4.79 Å². The van der Waals surface area contributed by atoms with Crippen LogP contribution in [0.5, 0.6) is 0 Å². The summed E-state index contributed by atoms with van der Waals surface area (Å²) in [5.41, 5.74) is 2.32. The molecule has 2 aromatic rings. The fraction of sp³-hybridized carbons (Fsp3) is 0.250. The summed E-state index contributed by atoms with van der Waals surface area (Å²) in [6.45, 7) is 5.49. The van der Waals surface area contributed by atoms with E-state index in [9.17, 15) is 9.35 Å². The van der Waals surface area contributed by atoms with E-state index in [0.717, 1.165) is 21.6 Å². The third-order valence-electron chi connectivity index (χ3n) is 4.17. The van der Waals surface area contributed by atoms with Crippen LogP contribution in [-0.2, 0) is 20.7 Å². The lowest BCUT2D eigenvalue weighted by atomic mass is 9.92. The Labute approximate surface area is 145 Å². The van der Waals surface area contributed by atoms with Crippen LogP contribution in [0.25, 0.3) is 11.3 Å². The number of carbonyl (C=O) groups is 1. The van der Waals surface area contributed by atoms with Crippen LogP contribution in [0.1, 0.15) is 30.5 Å². The molecule has 1 unspecified atom stereocenters. The highest BCUT2D eigenvalue weighted by Crippen LogP contribution is 2.41. The van der Waals surface area contributed by atoms with E-state index in [0.29, 0.717) is 11.3 Å². The van der Waals surface area contributed by atoms with Crippen molar-refractivity contribution >= 4 is 28.3 Å². The molecule has 24 heavy (non-hydrogen) atoms. The summed E-state index contributed by atoms with van der Waals surface area (Å²) < 4.78 is 17.8. The molecule has 0 N–H and O–H groups in total. The molecule has 1 atom stereocenters. The monoisotopic (exact) mass is 340 g/mol. The van der Waals surface area contributed by atoms with Gasteiger partial charge in [-0.15, -0.1) is 0 Å². The largest absolute Gasteiger partial charge is 0.612 e. The predicted molar refractivity (Wildman–Crippen MR) is 96.9 cm³/mol. The first-order chi connectivity index (χ1) is 11.3. The highest BCUT2D eigenvalue weighted by molar-refractivity contribution is 7.90. The Morgan fingerprint density at radius 3 is 2.29 bits per heavy atom. The molecule has 0 aliphatic carbocycles. The number of Topliss-reactive ketones (excluding diaryl/α,β-unsaturated/α-hetero) is 1. The molecule has 0 amide bonds. The number of hydrogen-bond donors (Lipinski definition) is 0. The maximum absolute atomic E-state index is 12.8. The van der Waals surface area contributed by atoms with Crippen molar-refractivity contribution in [3.8, 4) is 0 Å². The van der Waals surface area contributed by atoms with Gasteiger partial charge in [-0.1, -0.05) is 30.3 Å².